The fraction of sp³-hybridized carbons (Fsp3) is 0.286. The van der Waals surface area contributed by atoms with Gasteiger partial charge in [0.25, 0.3) is 0 Å². The number of ketones is 1. The second kappa shape index (κ2) is 7.34. The highest BCUT2D eigenvalue weighted by Crippen LogP contribution is 2.49. The Bertz CT molecular complexity index is 1440. The number of hydrogen-bond donors (Lipinski definition) is 2. The van der Waals surface area contributed by atoms with E-state index >= 15 is 0 Å². The molecular weight excluding hydrogens is 467 g/mol. The van der Waals surface area contributed by atoms with Gasteiger partial charge in [-0.05, 0) is 72.5 Å². The summed E-state index contributed by atoms with van der Waals surface area (Å²) in [6.07, 6.45) is 0. The molecule has 4 nitrogen and oxygen atoms in total. The van der Waals surface area contributed by atoms with Gasteiger partial charge in [0.15, 0.2) is 0 Å². The van der Waals surface area contributed by atoms with Gasteiger partial charge in [-0.1, -0.05) is 50.9 Å². The van der Waals surface area contributed by atoms with Gasteiger partial charge in [0, 0.05) is 32.3 Å². The highest BCUT2D eigenvalue weighted by atomic mass is 35.5. The van der Waals surface area contributed by atoms with Gasteiger partial charge in [-0.3, -0.25) is 9.79 Å². The van der Waals surface area contributed by atoms with E-state index in [0.29, 0.717) is 26.8 Å². The fourth-order valence-electron chi connectivity index (χ4n) is 5.52. The molecule has 2 aromatic rings. The second-order valence-corrected chi connectivity index (χ2v) is 11.1. The lowest BCUT2D eigenvalue weighted by molar-refractivity contribution is -0.113. The van der Waals surface area contributed by atoms with Crippen molar-refractivity contribution in [1.82, 2.24) is 0 Å². The molecule has 1 aliphatic carbocycles. The van der Waals surface area contributed by atoms with Gasteiger partial charge in [0.05, 0.1) is 22.5 Å². The molecule has 2 aromatic carbocycles. The van der Waals surface area contributed by atoms with Gasteiger partial charge in [-0.15, -0.1) is 0 Å². The van der Waals surface area contributed by atoms with Crippen molar-refractivity contribution < 1.29 is 9.90 Å². The third-order valence-corrected chi connectivity index (χ3v) is 7.87. The number of benzene rings is 2. The Morgan fingerprint density at radius 1 is 0.912 bits per heavy atom. The molecule has 0 fully saturated rings. The van der Waals surface area contributed by atoms with Crippen LogP contribution in [0.2, 0.25) is 10.0 Å². The third-order valence-electron chi connectivity index (χ3n) is 7.40. The number of anilines is 1. The van der Waals surface area contributed by atoms with Gasteiger partial charge >= 0.3 is 0 Å². The van der Waals surface area contributed by atoms with E-state index in [2.05, 4.69) is 33.0 Å². The zero-order valence-corrected chi connectivity index (χ0v) is 21.5. The minimum absolute atomic E-state index is 0.0200. The van der Waals surface area contributed by atoms with Crippen LogP contribution in [-0.2, 0) is 15.6 Å². The first-order valence-electron chi connectivity index (χ1n) is 11.2. The van der Waals surface area contributed by atoms with E-state index in [1.165, 1.54) is 0 Å². The Morgan fingerprint density at radius 2 is 1.53 bits per heavy atom. The van der Waals surface area contributed by atoms with Crippen LogP contribution in [0.3, 0.4) is 0 Å². The van der Waals surface area contributed by atoms with Crippen molar-refractivity contribution in [3.63, 3.8) is 0 Å². The van der Waals surface area contributed by atoms with Gasteiger partial charge in [0.1, 0.15) is 5.76 Å². The third kappa shape index (κ3) is 3.05. The summed E-state index contributed by atoms with van der Waals surface area (Å²) in [6, 6.07) is 11.3. The van der Waals surface area contributed by atoms with Crippen LogP contribution in [0.15, 0.2) is 75.1 Å². The summed E-state index contributed by atoms with van der Waals surface area (Å²) in [6.45, 7) is 12.0. The quantitative estimate of drug-likeness (QED) is 0.421. The second-order valence-electron chi connectivity index (χ2n) is 10.2. The van der Waals surface area contributed by atoms with E-state index in [9.17, 15) is 9.90 Å². The molecule has 0 spiro atoms. The summed E-state index contributed by atoms with van der Waals surface area (Å²) >= 11 is 12.5. The number of nitrogens with one attached hydrogen (secondary N) is 1. The number of nitrogens with zero attached hydrogens (tertiary/aromatic N) is 1. The summed E-state index contributed by atoms with van der Waals surface area (Å²) < 4.78 is 0. The van der Waals surface area contributed by atoms with Crippen molar-refractivity contribution in [3.8, 4) is 0 Å². The normalized spacial score (nSPS) is 22.6. The number of aliphatic hydroxyl groups excluding tert-OH is 1. The number of aliphatic imine (C=N–C) groups is 1. The summed E-state index contributed by atoms with van der Waals surface area (Å²) in [4.78, 5) is 18.2. The number of rotatable bonds is 2. The number of halogens is 2. The van der Waals surface area contributed by atoms with Crippen molar-refractivity contribution >= 4 is 46.1 Å². The first-order chi connectivity index (χ1) is 15.9. The van der Waals surface area contributed by atoms with Crippen LogP contribution in [0, 0.1) is 0 Å². The van der Waals surface area contributed by atoms with Gasteiger partial charge in [-0.2, -0.15) is 0 Å². The molecule has 174 valence electrons. The molecule has 34 heavy (non-hydrogen) atoms. The molecule has 0 aromatic heterocycles. The van der Waals surface area contributed by atoms with Crippen molar-refractivity contribution in [2.75, 3.05) is 5.32 Å². The molecule has 0 atom stereocenters. The summed E-state index contributed by atoms with van der Waals surface area (Å²) in [7, 11) is 0. The van der Waals surface area contributed by atoms with Crippen molar-refractivity contribution in [2.24, 2.45) is 4.99 Å². The van der Waals surface area contributed by atoms with Crippen molar-refractivity contribution in [2.45, 2.75) is 52.4 Å². The van der Waals surface area contributed by atoms with Crippen LogP contribution in [0.1, 0.15) is 52.7 Å². The molecule has 0 unspecified atom stereocenters. The summed E-state index contributed by atoms with van der Waals surface area (Å²) in [5, 5.41) is 15.9. The lowest BCUT2D eigenvalue weighted by atomic mass is 9.73. The lowest BCUT2D eigenvalue weighted by Gasteiger charge is -2.30. The molecular formula is C28H26Cl2N2O2. The standard InChI is InChI=1S/C28H26Cl2N2O2/c1-13(25-27(3,4)17-11-15(29)7-9-19(17)31-25)21-23(33)22(24(21)34)14(2)26-28(5,6)18-12-16(30)8-10-20(18)32-26/h7-12,31,33H,1-6H3/b22-14?,25-13+. The average molecular weight is 493 g/mol. The Morgan fingerprint density at radius 3 is 2.18 bits per heavy atom. The van der Waals surface area contributed by atoms with Crippen LogP contribution in [0.25, 0.3) is 0 Å². The number of hydrogen-bond acceptors (Lipinski definition) is 4. The summed E-state index contributed by atoms with van der Waals surface area (Å²) in [5.41, 5.74) is 6.81. The maximum absolute atomic E-state index is 13.4. The molecule has 2 N–H and O–H groups in total. The van der Waals surface area contributed by atoms with Crippen LogP contribution in [-0.4, -0.2) is 16.6 Å². The Hall–Kier alpha value is -2.82. The fourth-order valence-corrected chi connectivity index (χ4v) is 5.86. The molecule has 3 aliphatic rings. The maximum Gasteiger partial charge on any atom is 0.201 e. The summed E-state index contributed by atoms with van der Waals surface area (Å²) in [5.74, 6) is -0.148. The molecule has 5 rings (SSSR count). The molecule has 0 bridgehead atoms. The molecule has 0 radical (unpaired) electrons. The lowest BCUT2D eigenvalue weighted by Crippen LogP contribution is -2.32. The predicted octanol–water partition coefficient (Wildman–Crippen LogP) is 7.75. The van der Waals surface area contributed by atoms with Crippen LogP contribution < -0.4 is 5.32 Å². The van der Waals surface area contributed by atoms with E-state index in [0.717, 1.165) is 39.5 Å². The zero-order valence-electron chi connectivity index (χ0n) is 20.0. The number of carbonyl (C=O) groups is 1. The molecule has 0 amide bonds. The Labute approximate surface area is 209 Å². The first-order valence-corrected chi connectivity index (χ1v) is 12.0. The van der Waals surface area contributed by atoms with Gasteiger partial charge < -0.3 is 10.4 Å². The molecule has 2 aliphatic heterocycles. The first kappa shape index (κ1) is 22.9. The number of allylic oxidation sites excluding steroid dienone is 5. The highest BCUT2D eigenvalue weighted by Gasteiger charge is 2.45. The van der Waals surface area contributed by atoms with Gasteiger partial charge in [-0.25, -0.2) is 0 Å². The number of aliphatic hydroxyl groups is 1. The SMILES string of the molecule is CC(C1=Nc2ccc(Cl)cc2C1(C)C)=C1C(=O)C(/C(C)=C2/Nc3ccc(Cl)cc3C2(C)C)=C1O. The Kier molecular flexibility index (Phi) is 4.95. The van der Waals surface area contributed by atoms with E-state index < -0.39 is 5.41 Å². The van der Waals surface area contributed by atoms with E-state index in [4.69, 9.17) is 28.2 Å². The monoisotopic (exact) mass is 492 g/mol. The van der Waals surface area contributed by atoms with E-state index in [1.54, 1.807) is 0 Å². The number of Topliss-reactive ketones (excluding diaryl/α,β-unsaturated/α-hetero) is 1. The van der Waals surface area contributed by atoms with Crippen LogP contribution >= 0.6 is 23.2 Å². The topological polar surface area (TPSA) is 61.7 Å². The largest absolute Gasteiger partial charge is 0.506 e. The van der Waals surface area contributed by atoms with E-state index in [-0.39, 0.29) is 17.0 Å². The smallest absolute Gasteiger partial charge is 0.201 e. The number of fused-ring (bicyclic) bond motifs is 2. The number of carbonyl (C=O) groups excluding carboxylic acids is 1. The molecule has 6 heteroatoms. The predicted molar refractivity (Wildman–Crippen MR) is 140 cm³/mol. The zero-order chi connectivity index (χ0) is 24.7. The molecule has 0 saturated carbocycles. The van der Waals surface area contributed by atoms with E-state index in [1.807, 2.05) is 50.2 Å². The Balaban J connectivity index is 1.58. The van der Waals surface area contributed by atoms with Crippen LogP contribution in [0.5, 0.6) is 0 Å². The minimum Gasteiger partial charge on any atom is -0.506 e. The molecule has 2 heterocycles. The molecule has 0 saturated heterocycles. The highest BCUT2D eigenvalue weighted by molar-refractivity contribution is 6.31. The van der Waals surface area contributed by atoms with Crippen LogP contribution in [0.4, 0.5) is 11.4 Å². The van der Waals surface area contributed by atoms with Gasteiger partial charge in [0.2, 0.25) is 5.78 Å². The van der Waals surface area contributed by atoms with Crippen molar-refractivity contribution in [3.05, 3.63) is 91.3 Å². The average Bonchev–Trinajstić information content (AvgIpc) is 3.17. The minimum atomic E-state index is -0.433. The maximum atomic E-state index is 13.4. The van der Waals surface area contributed by atoms with Crippen molar-refractivity contribution in [1.29, 1.82) is 0 Å².